The smallest absolute Gasteiger partial charge is 0.252 e. The maximum atomic E-state index is 11.7. The molecule has 0 aliphatic rings. The first kappa shape index (κ1) is 12.4. The molecule has 0 radical (unpaired) electrons. The zero-order valence-corrected chi connectivity index (χ0v) is 11.3. The van der Waals surface area contributed by atoms with Gasteiger partial charge in [-0.1, -0.05) is 12.1 Å². The van der Waals surface area contributed by atoms with Gasteiger partial charge in [-0.05, 0) is 29.6 Å². The summed E-state index contributed by atoms with van der Waals surface area (Å²) in [5.41, 5.74) is 7.59. The van der Waals surface area contributed by atoms with E-state index in [2.05, 4.69) is 15.3 Å². The molecule has 0 saturated carbocycles. The molecule has 1 aromatic carbocycles. The maximum absolute atomic E-state index is 11.7. The fourth-order valence-electron chi connectivity index (χ4n) is 1.82. The van der Waals surface area contributed by atoms with Gasteiger partial charge in [-0.2, -0.15) is 0 Å². The number of benzene rings is 1. The third kappa shape index (κ3) is 2.70. The third-order valence-corrected chi connectivity index (χ3v) is 3.56. The van der Waals surface area contributed by atoms with Crippen molar-refractivity contribution in [2.24, 2.45) is 0 Å². The summed E-state index contributed by atoms with van der Waals surface area (Å²) in [5, 5.41) is 4.99. The monoisotopic (exact) mass is 284 g/mol. The Balaban J connectivity index is 1.96. The van der Waals surface area contributed by atoms with E-state index < -0.39 is 0 Å². The van der Waals surface area contributed by atoms with Crippen LogP contribution in [0.4, 0.5) is 17.3 Å². The molecular formula is C14H12N4OS. The molecule has 5 nitrogen and oxygen atoms in total. The van der Waals surface area contributed by atoms with E-state index in [0.29, 0.717) is 17.3 Å². The zero-order chi connectivity index (χ0) is 13.9. The SMILES string of the molecule is Nc1cccc(Nc2nc(-c3cccs3)cc(=O)[nH]2)c1. The van der Waals surface area contributed by atoms with Gasteiger partial charge in [-0.15, -0.1) is 11.3 Å². The second-order valence-corrected chi connectivity index (χ2v) is 5.15. The van der Waals surface area contributed by atoms with Crippen LogP contribution in [0.1, 0.15) is 0 Å². The lowest BCUT2D eigenvalue weighted by atomic mass is 10.3. The predicted molar refractivity (Wildman–Crippen MR) is 82.3 cm³/mol. The number of nitrogens with one attached hydrogen (secondary N) is 2. The molecule has 6 heteroatoms. The highest BCUT2D eigenvalue weighted by molar-refractivity contribution is 7.13. The minimum Gasteiger partial charge on any atom is -0.399 e. The summed E-state index contributed by atoms with van der Waals surface area (Å²) in [4.78, 5) is 19.7. The van der Waals surface area contributed by atoms with E-state index in [1.807, 2.05) is 29.6 Å². The molecule has 3 aromatic rings. The Bertz CT molecular complexity index is 780. The van der Waals surface area contributed by atoms with Crippen molar-refractivity contribution in [3.63, 3.8) is 0 Å². The molecule has 0 amide bonds. The van der Waals surface area contributed by atoms with Gasteiger partial charge in [0.15, 0.2) is 0 Å². The van der Waals surface area contributed by atoms with E-state index in [1.54, 1.807) is 12.1 Å². The molecular weight excluding hydrogens is 272 g/mol. The minimum absolute atomic E-state index is 0.199. The van der Waals surface area contributed by atoms with Crippen molar-refractivity contribution >= 4 is 28.7 Å². The van der Waals surface area contributed by atoms with Gasteiger partial charge in [0.1, 0.15) is 0 Å². The van der Waals surface area contributed by atoms with E-state index >= 15 is 0 Å². The number of thiophene rings is 1. The Labute approximate surface area is 119 Å². The number of hydrogen-bond acceptors (Lipinski definition) is 5. The topological polar surface area (TPSA) is 83.8 Å². The van der Waals surface area contributed by atoms with Crippen molar-refractivity contribution in [2.45, 2.75) is 0 Å². The molecule has 0 spiro atoms. The quantitative estimate of drug-likeness (QED) is 0.646. The molecule has 3 rings (SSSR count). The summed E-state index contributed by atoms with van der Waals surface area (Å²) < 4.78 is 0. The van der Waals surface area contributed by atoms with Crippen LogP contribution in [0.3, 0.4) is 0 Å². The highest BCUT2D eigenvalue weighted by Crippen LogP contribution is 2.23. The van der Waals surface area contributed by atoms with Gasteiger partial charge in [0, 0.05) is 17.4 Å². The highest BCUT2D eigenvalue weighted by atomic mass is 32.1. The van der Waals surface area contributed by atoms with Gasteiger partial charge in [-0.3, -0.25) is 9.78 Å². The average Bonchev–Trinajstić information content (AvgIpc) is 2.91. The highest BCUT2D eigenvalue weighted by Gasteiger charge is 2.05. The lowest BCUT2D eigenvalue weighted by Crippen LogP contribution is -2.10. The van der Waals surface area contributed by atoms with Crippen molar-refractivity contribution in [1.82, 2.24) is 9.97 Å². The number of aromatic amines is 1. The first-order valence-corrected chi connectivity index (χ1v) is 6.86. The predicted octanol–water partition coefficient (Wildman–Crippen LogP) is 2.82. The van der Waals surface area contributed by atoms with E-state index in [9.17, 15) is 4.79 Å². The number of nitrogens with two attached hydrogens (primary N) is 1. The largest absolute Gasteiger partial charge is 0.399 e. The minimum atomic E-state index is -0.199. The Kier molecular flexibility index (Phi) is 3.22. The standard InChI is InChI=1S/C14H12N4OS/c15-9-3-1-4-10(7-9)16-14-17-11(8-13(19)18-14)12-5-2-6-20-12/h1-8H,15H2,(H2,16,17,18,19). The number of rotatable bonds is 3. The second-order valence-electron chi connectivity index (χ2n) is 4.21. The number of anilines is 3. The summed E-state index contributed by atoms with van der Waals surface area (Å²) in [6, 6.07) is 12.6. The molecule has 0 unspecified atom stereocenters. The van der Waals surface area contributed by atoms with E-state index in [4.69, 9.17) is 5.73 Å². The molecule has 0 bridgehead atoms. The first-order chi connectivity index (χ1) is 9.70. The molecule has 4 N–H and O–H groups in total. The Morgan fingerprint density at radius 3 is 2.85 bits per heavy atom. The zero-order valence-electron chi connectivity index (χ0n) is 10.5. The van der Waals surface area contributed by atoms with Gasteiger partial charge in [0.25, 0.3) is 5.56 Å². The van der Waals surface area contributed by atoms with Crippen LogP contribution in [0.5, 0.6) is 0 Å². The summed E-state index contributed by atoms with van der Waals surface area (Å²) in [5.74, 6) is 0.395. The van der Waals surface area contributed by atoms with Crippen molar-refractivity contribution < 1.29 is 0 Å². The first-order valence-electron chi connectivity index (χ1n) is 5.98. The lowest BCUT2D eigenvalue weighted by Gasteiger charge is -2.07. The molecule has 100 valence electrons. The molecule has 0 fully saturated rings. The molecule has 0 saturated heterocycles. The Hall–Kier alpha value is -2.60. The molecule has 2 heterocycles. The summed E-state index contributed by atoms with van der Waals surface area (Å²) in [6.45, 7) is 0. The van der Waals surface area contributed by atoms with E-state index in [0.717, 1.165) is 10.6 Å². The molecule has 0 aliphatic carbocycles. The van der Waals surface area contributed by atoms with E-state index in [-0.39, 0.29) is 5.56 Å². The van der Waals surface area contributed by atoms with Gasteiger partial charge >= 0.3 is 0 Å². The van der Waals surface area contributed by atoms with Gasteiger partial charge in [0.2, 0.25) is 5.95 Å². The fraction of sp³-hybridized carbons (Fsp3) is 0. The Morgan fingerprint density at radius 2 is 2.10 bits per heavy atom. The van der Waals surface area contributed by atoms with Gasteiger partial charge in [0.05, 0.1) is 10.6 Å². The molecule has 0 aliphatic heterocycles. The maximum Gasteiger partial charge on any atom is 0.252 e. The number of nitrogens with zero attached hydrogens (tertiary/aromatic N) is 1. The van der Waals surface area contributed by atoms with Crippen molar-refractivity contribution in [3.8, 4) is 10.6 Å². The van der Waals surface area contributed by atoms with Crippen LogP contribution in [0.2, 0.25) is 0 Å². The van der Waals surface area contributed by atoms with Crippen molar-refractivity contribution in [1.29, 1.82) is 0 Å². The van der Waals surface area contributed by atoms with Crippen LogP contribution in [-0.2, 0) is 0 Å². The molecule has 20 heavy (non-hydrogen) atoms. The van der Waals surface area contributed by atoms with Crippen LogP contribution in [0.25, 0.3) is 10.6 Å². The van der Waals surface area contributed by atoms with Crippen molar-refractivity contribution in [2.75, 3.05) is 11.1 Å². The Morgan fingerprint density at radius 1 is 1.20 bits per heavy atom. The number of H-pyrrole nitrogens is 1. The van der Waals surface area contributed by atoms with Gasteiger partial charge < -0.3 is 11.1 Å². The second kappa shape index (κ2) is 5.18. The van der Waals surface area contributed by atoms with Crippen LogP contribution in [-0.4, -0.2) is 9.97 Å². The summed E-state index contributed by atoms with van der Waals surface area (Å²) in [7, 11) is 0. The normalized spacial score (nSPS) is 10.4. The molecule has 2 aromatic heterocycles. The van der Waals surface area contributed by atoms with Crippen LogP contribution in [0, 0.1) is 0 Å². The lowest BCUT2D eigenvalue weighted by molar-refractivity contribution is 1.13. The third-order valence-electron chi connectivity index (χ3n) is 2.66. The van der Waals surface area contributed by atoms with Crippen LogP contribution >= 0.6 is 11.3 Å². The van der Waals surface area contributed by atoms with E-state index in [1.165, 1.54) is 17.4 Å². The number of nitrogen functional groups attached to an aromatic ring is 1. The fourth-order valence-corrected chi connectivity index (χ4v) is 2.51. The summed E-state index contributed by atoms with van der Waals surface area (Å²) >= 11 is 1.54. The average molecular weight is 284 g/mol. The van der Waals surface area contributed by atoms with Crippen molar-refractivity contribution in [3.05, 3.63) is 58.2 Å². The van der Waals surface area contributed by atoms with Crippen LogP contribution < -0.4 is 16.6 Å². The summed E-state index contributed by atoms with van der Waals surface area (Å²) in [6.07, 6.45) is 0. The van der Waals surface area contributed by atoms with Crippen LogP contribution in [0.15, 0.2) is 52.6 Å². The number of aromatic nitrogens is 2. The molecule has 0 atom stereocenters. The number of hydrogen-bond donors (Lipinski definition) is 3. The van der Waals surface area contributed by atoms with Gasteiger partial charge in [-0.25, -0.2) is 4.98 Å².